The van der Waals surface area contributed by atoms with Crippen molar-refractivity contribution in [1.29, 1.82) is 0 Å². The van der Waals surface area contributed by atoms with Gasteiger partial charge in [0.2, 0.25) is 0 Å². The topological polar surface area (TPSA) is 40.2 Å². The zero-order chi connectivity index (χ0) is 10.1. The Morgan fingerprint density at radius 2 is 2.21 bits per heavy atom. The molecule has 3 nitrogen and oxygen atoms in total. The predicted octanol–water partition coefficient (Wildman–Crippen LogP) is 1.65. The van der Waals surface area contributed by atoms with Crippen LogP contribution in [-0.4, -0.2) is 11.7 Å². The number of methoxy groups -OCH3 is 1. The fourth-order valence-corrected chi connectivity index (χ4v) is 1.74. The molecule has 0 aliphatic rings. The van der Waals surface area contributed by atoms with Gasteiger partial charge in [-0.15, -0.1) is 0 Å². The first-order valence-corrected chi connectivity index (χ1v) is 4.58. The number of aryl methyl sites for hydroxylation is 1. The second-order valence-corrected chi connectivity index (χ2v) is 3.35. The molecule has 2 aromatic rings. The van der Waals surface area contributed by atoms with Gasteiger partial charge >= 0.3 is 0 Å². The number of aromatic nitrogens is 1. The third-order valence-corrected chi connectivity index (χ3v) is 2.50. The van der Waals surface area contributed by atoms with E-state index in [1.807, 2.05) is 25.2 Å². The second-order valence-electron chi connectivity index (χ2n) is 3.35. The Morgan fingerprint density at radius 1 is 1.43 bits per heavy atom. The van der Waals surface area contributed by atoms with Crippen molar-refractivity contribution in [3.05, 3.63) is 30.0 Å². The minimum atomic E-state index is 0.560. The first-order chi connectivity index (χ1) is 6.76. The van der Waals surface area contributed by atoms with E-state index in [1.165, 1.54) is 10.9 Å². The van der Waals surface area contributed by atoms with Crippen LogP contribution < -0.4 is 10.5 Å². The summed E-state index contributed by atoms with van der Waals surface area (Å²) in [6.07, 6.45) is 2.06. The van der Waals surface area contributed by atoms with E-state index < -0.39 is 0 Å². The van der Waals surface area contributed by atoms with E-state index in [2.05, 4.69) is 10.8 Å². The molecule has 0 bridgehead atoms. The van der Waals surface area contributed by atoms with Crippen molar-refractivity contribution >= 4 is 10.9 Å². The highest BCUT2D eigenvalue weighted by molar-refractivity contribution is 5.85. The lowest BCUT2D eigenvalue weighted by molar-refractivity contribution is 0.415. The van der Waals surface area contributed by atoms with Crippen molar-refractivity contribution in [2.24, 2.45) is 12.8 Å². The summed E-state index contributed by atoms with van der Waals surface area (Å²) in [7, 11) is 3.69. The molecule has 1 aromatic heterocycles. The lowest BCUT2D eigenvalue weighted by Gasteiger charge is -2.01. The molecule has 2 rings (SSSR count). The van der Waals surface area contributed by atoms with Gasteiger partial charge in [0.25, 0.3) is 0 Å². The molecule has 1 aromatic carbocycles. The Labute approximate surface area is 83.1 Å². The van der Waals surface area contributed by atoms with Crippen molar-refractivity contribution in [2.45, 2.75) is 6.54 Å². The molecule has 2 N–H and O–H groups in total. The van der Waals surface area contributed by atoms with Gasteiger partial charge in [0.1, 0.15) is 5.75 Å². The minimum absolute atomic E-state index is 0.560. The van der Waals surface area contributed by atoms with Crippen molar-refractivity contribution < 1.29 is 4.74 Å². The molecule has 0 amide bonds. The molecule has 0 fully saturated rings. The fourth-order valence-electron chi connectivity index (χ4n) is 1.74. The molecule has 0 spiro atoms. The molecule has 0 atom stereocenters. The predicted molar refractivity (Wildman–Crippen MR) is 57.4 cm³/mol. The van der Waals surface area contributed by atoms with Crippen LogP contribution in [0.1, 0.15) is 5.56 Å². The Morgan fingerprint density at radius 3 is 2.86 bits per heavy atom. The lowest BCUT2D eigenvalue weighted by atomic mass is 10.1. The second kappa shape index (κ2) is 3.35. The average molecular weight is 190 g/mol. The maximum Gasteiger partial charge on any atom is 0.119 e. The largest absolute Gasteiger partial charge is 0.497 e. The summed E-state index contributed by atoms with van der Waals surface area (Å²) in [6.45, 7) is 0.560. The van der Waals surface area contributed by atoms with E-state index in [4.69, 9.17) is 10.5 Å². The van der Waals surface area contributed by atoms with Crippen LogP contribution in [0.3, 0.4) is 0 Å². The summed E-state index contributed by atoms with van der Waals surface area (Å²) < 4.78 is 7.26. The minimum Gasteiger partial charge on any atom is -0.497 e. The summed E-state index contributed by atoms with van der Waals surface area (Å²) in [6, 6.07) is 6.04. The van der Waals surface area contributed by atoms with Crippen molar-refractivity contribution in [2.75, 3.05) is 7.11 Å². The van der Waals surface area contributed by atoms with E-state index in [9.17, 15) is 0 Å². The summed E-state index contributed by atoms with van der Waals surface area (Å²) in [5.41, 5.74) is 8.01. The molecule has 0 aliphatic carbocycles. The molecule has 1 heterocycles. The highest BCUT2D eigenvalue weighted by Crippen LogP contribution is 2.24. The van der Waals surface area contributed by atoms with Gasteiger partial charge in [-0.05, 0) is 23.8 Å². The van der Waals surface area contributed by atoms with Crippen LogP contribution >= 0.6 is 0 Å². The molecule has 0 saturated carbocycles. The first kappa shape index (κ1) is 9.09. The summed E-state index contributed by atoms with van der Waals surface area (Å²) in [5.74, 6) is 0.874. The Hall–Kier alpha value is -1.48. The number of hydrogen-bond acceptors (Lipinski definition) is 2. The number of rotatable bonds is 2. The fraction of sp³-hybridized carbons (Fsp3) is 0.273. The molecule has 3 heteroatoms. The van der Waals surface area contributed by atoms with E-state index in [0.29, 0.717) is 6.54 Å². The maximum atomic E-state index is 5.67. The number of nitrogens with zero attached hydrogens (tertiary/aromatic N) is 1. The van der Waals surface area contributed by atoms with Gasteiger partial charge in [-0.2, -0.15) is 0 Å². The van der Waals surface area contributed by atoms with Crippen LogP contribution in [0.25, 0.3) is 10.9 Å². The SMILES string of the molecule is COc1ccc2c(c1)c(CN)cn2C. The lowest BCUT2D eigenvalue weighted by Crippen LogP contribution is -1.94. The van der Waals surface area contributed by atoms with Gasteiger partial charge in [0.15, 0.2) is 0 Å². The smallest absolute Gasteiger partial charge is 0.119 e. The monoisotopic (exact) mass is 190 g/mol. The number of fused-ring (bicyclic) bond motifs is 1. The van der Waals surface area contributed by atoms with Crippen LogP contribution in [0.15, 0.2) is 24.4 Å². The molecule has 14 heavy (non-hydrogen) atoms. The Bertz CT molecular complexity index is 460. The van der Waals surface area contributed by atoms with Gasteiger partial charge in [-0.25, -0.2) is 0 Å². The summed E-state index contributed by atoms with van der Waals surface area (Å²) in [5, 5.41) is 1.18. The maximum absolute atomic E-state index is 5.67. The molecule has 0 aliphatic heterocycles. The Balaban J connectivity index is 2.71. The third kappa shape index (κ3) is 1.26. The van der Waals surface area contributed by atoms with Crippen LogP contribution in [-0.2, 0) is 13.6 Å². The van der Waals surface area contributed by atoms with Gasteiger partial charge in [-0.3, -0.25) is 0 Å². The normalized spacial score (nSPS) is 10.8. The van der Waals surface area contributed by atoms with Crippen LogP contribution in [0.4, 0.5) is 0 Å². The zero-order valence-electron chi connectivity index (χ0n) is 8.45. The van der Waals surface area contributed by atoms with Gasteiger partial charge in [0.05, 0.1) is 7.11 Å². The summed E-state index contributed by atoms with van der Waals surface area (Å²) in [4.78, 5) is 0. The highest BCUT2D eigenvalue weighted by Gasteiger charge is 2.05. The first-order valence-electron chi connectivity index (χ1n) is 4.58. The van der Waals surface area contributed by atoms with Crippen LogP contribution in [0.5, 0.6) is 5.75 Å². The number of benzene rings is 1. The van der Waals surface area contributed by atoms with E-state index in [0.717, 1.165) is 11.3 Å². The number of hydrogen-bond donors (Lipinski definition) is 1. The number of ether oxygens (including phenoxy) is 1. The molecular formula is C11H14N2O. The Kier molecular flexibility index (Phi) is 2.17. The summed E-state index contributed by atoms with van der Waals surface area (Å²) >= 11 is 0. The van der Waals surface area contributed by atoms with Gasteiger partial charge in [0, 0.05) is 30.7 Å². The van der Waals surface area contributed by atoms with Gasteiger partial charge < -0.3 is 15.0 Å². The number of nitrogens with two attached hydrogens (primary N) is 1. The van der Waals surface area contributed by atoms with E-state index in [1.54, 1.807) is 7.11 Å². The third-order valence-electron chi connectivity index (χ3n) is 2.50. The van der Waals surface area contributed by atoms with Crippen molar-refractivity contribution in [3.8, 4) is 5.75 Å². The standard InChI is InChI=1S/C11H14N2O/c1-13-7-8(6-12)10-5-9(14-2)3-4-11(10)13/h3-5,7H,6,12H2,1-2H3. The molecule has 74 valence electrons. The molecular weight excluding hydrogens is 176 g/mol. The highest BCUT2D eigenvalue weighted by atomic mass is 16.5. The van der Waals surface area contributed by atoms with Crippen LogP contribution in [0.2, 0.25) is 0 Å². The molecule has 0 saturated heterocycles. The zero-order valence-corrected chi connectivity index (χ0v) is 8.45. The van der Waals surface area contributed by atoms with E-state index in [-0.39, 0.29) is 0 Å². The van der Waals surface area contributed by atoms with Gasteiger partial charge in [-0.1, -0.05) is 0 Å². The molecule has 0 unspecified atom stereocenters. The molecule has 0 radical (unpaired) electrons. The van der Waals surface area contributed by atoms with E-state index >= 15 is 0 Å². The van der Waals surface area contributed by atoms with Crippen molar-refractivity contribution in [3.63, 3.8) is 0 Å². The quantitative estimate of drug-likeness (QED) is 0.782. The van der Waals surface area contributed by atoms with Crippen molar-refractivity contribution in [1.82, 2.24) is 4.57 Å². The average Bonchev–Trinajstić information content (AvgIpc) is 2.55. The van der Waals surface area contributed by atoms with Crippen LogP contribution in [0, 0.1) is 0 Å².